The first-order valence-corrected chi connectivity index (χ1v) is 11.7. The molecule has 2 aromatic heterocycles. The van der Waals surface area contributed by atoms with Crippen molar-refractivity contribution in [1.82, 2.24) is 15.1 Å². The van der Waals surface area contributed by atoms with Gasteiger partial charge in [0.05, 0.1) is 5.56 Å². The van der Waals surface area contributed by atoms with E-state index in [0.717, 1.165) is 31.6 Å². The Balaban J connectivity index is 1.69. The third-order valence-electron chi connectivity index (χ3n) is 6.24. The zero-order valence-electron chi connectivity index (χ0n) is 18.5. The molecule has 0 radical (unpaired) electrons. The Hall–Kier alpha value is -2.57. The largest absolute Gasteiger partial charge is 0.366 e. The number of carbonyl (C=O) groups is 2. The lowest BCUT2D eigenvalue weighted by Crippen LogP contribution is -2.11. The number of rotatable bonds is 12. The molecule has 1 saturated carbocycles. The van der Waals surface area contributed by atoms with Gasteiger partial charge in [0.15, 0.2) is 0 Å². The van der Waals surface area contributed by atoms with Gasteiger partial charge in [0.1, 0.15) is 5.78 Å². The minimum Gasteiger partial charge on any atom is -0.366 e. The van der Waals surface area contributed by atoms with Crippen LogP contribution in [0.1, 0.15) is 106 Å². The molecule has 1 unspecified atom stereocenters. The zero-order chi connectivity index (χ0) is 22.1. The Morgan fingerprint density at radius 2 is 2.00 bits per heavy atom. The Kier molecular flexibility index (Phi) is 8.74. The average molecular weight is 427 g/mol. The summed E-state index contributed by atoms with van der Waals surface area (Å²) in [6.07, 6.45) is 15.8. The second-order valence-corrected chi connectivity index (χ2v) is 8.76. The molecule has 0 aromatic carbocycles. The molecule has 1 aliphatic carbocycles. The van der Waals surface area contributed by atoms with Crippen LogP contribution in [0.4, 0.5) is 0 Å². The summed E-state index contributed by atoms with van der Waals surface area (Å²) in [6.45, 7) is 2.09. The number of aromatic nitrogens is 3. The predicted octanol–water partition coefficient (Wildman–Crippen LogP) is 5.21. The van der Waals surface area contributed by atoms with Crippen LogP contribution in [-0.4, -0.2) is 26.8 Å². The second kappa shape index (κ2) is 11.7. The Morgan fingerprint density at radius 3 is 2.74 bits per heavy atom. The van der Waals surface area contributed by atoms with Crippen LogP contribution in [0, 0.1) is 5.92 Å². The lowest BCUT2D eigenvalue weighted by atomic mass is 9.84. The van der Waals surface area contributed by atoms with Crippen LogP contribution in [0.3, 0.4) is 0 Å². The fraction of sp³-hybridized carbons (Fsp3) is 0.625. The summed E-state index contributed by atoms with van der Waals surface area (Å²) >= 11 is 0. The van der Waals surface area contributed by atoms with Crippen LogP contribution in [-0.2, 0) is 4.79 Å². The summed E-state index contributed by atoms with van der Waals surface area (Å²) < 4.78 is 5.57. The molecule has 0 bridgehead atoms. The van der Waals surface area contributed by atoms with Crippen LogP contribution in [0.15, 0.2) is 23.0 Å². The SMILES string of the molecule is CCCCC(=O)CC(CCCC1CCCCC1)c1nc(-c2cncc(C(N)=O)c2)no1. The molecular weight excluding hydrogens is 392 g/mol. The van der Waals surface area contributed by atoms with Gasteiger partial charge in [-0.15, -0.1) is 0 Å². The smallest absolute Gasteiger partial charge is 0.250 e. The third-order valence-corrected chi connectivity index (χ3v) is 6.24. The first kappa shape index (κ1) is 23.1. The molecule has 168 valence electrons. The molecule has 0 aliphatic heterocycles. The number of hydrogen-bond donors (Lipinski definition) is 1. The first-order chi connectivity index (χ1) is 15.1. The first-order valence-electron chi connectivity index (χ1n) is 11.7. The number of ketones is 1. The monoisotopic (exact) mass is 426 g/mol. The van der Waals surface area contributed by atoms with Gasteiger partial charge < -0.3 is 10.3 Å². The summed E-state index contributed by atoms with van der Waals surface area (Å²) in [5.74, 6) is 1.30. The third kappa shape index (κ3) is 6.97. The van der Waals surface area contributed by atoms with Crippen molar-refractivity contribution in [1.29, 1.82) is 0 Å². The number of nitrogens with zero attached hydrogens (tertiary/aromatic N) is 3. The molecule has 7 nitrogen and oxygen atoms in total. The van der Waals surface area contributed by atoms with Crippen molar-refractivity contribution in [2.45, 2.75) is 89.9 Å². The van der Waals surface area contributed by atoms with Gasteiger partial charge in [0, 0.05) is 36.7 Å². The van der Waals surface area contributed by atoms with Crippen molar-refractivity contribution in [3.05, 3.63) is 29.9 Å². The number of carbonyl (C=O) groups excluding carboxylic acids is 2. The maximum absolute atomic E-state index is 12.5. The summed E-state index contributed by atoms with van der Waals surface area (Å²) in [5.41, 5.74) is 6.21. The topological polar surface area (TPSA) is 112 Å². The molecule has 1 aliphatic rings. The number of nitrogens with two attached hydrogens (primary N) is 1. The van der Waals surface area contributed by atoms with Gasteiger partial charge in [-0.3, -0.25) is 14.6 Å². The number of pyridine rings is 1. The van der Waals surface area contributed by atoms with E-state index < -0.39 is 5.91 Å². The highest BCUT2D eigenvalue weighted by atomic mass is 16.5. The lowest BCUT2D eigenvalue weighted by Gasteiger charge is -2.22. The van der Waals surface area contributed by atoms with E-state index in [4.69, 9.17) is 10.3 Å². The number of primary amides is 1. The molecule has 1 atom stereocenters. The Bertz CT molecular complexity index is 858. The van der Waals surface area contributed by atoms with Crippen molar-refractivity contribution in [3.8, 4) is 11.4 Å². The van der Waals surface area contributed by atoms with E-state index in [2.05, 4.69) is 22.0 Å². The van der Waals surface area contributed by atoms with Gasteiger partial charge in [-0.05, 0) is 24.8 Å². The van der Waals surface area contributed by atoms with E-state index in [0.29, 0.717) is 35.7 Å². The summed E-state index contributed by atoms with van der Waals surface area (Å²) in [5, 5.41) is 4.09. The zero-order valence-corrected chi connectivity index (χ0v) is 18.5. The summed E-state index contributed by atoms with van der Waals surface area (Å²) in [7, 11) is 0. The van der Waals surface area contributed by atoms with Gasteiger partial charge in [-0.1, -0.05) is 63.4 Å². The maximum atomic E-state index is 12.5. The van der Waals surface area contributed by atoms with E-state index in [9.17, 15) is 9.59 Å². The predicted molar refractivity (Wildman–Crippen MR) is 118 cm³/mol. The average Bonchev–Trinajstić information content (AvgIpc) is 3.28. The molecule has 1 fully saturated rings. The van der Waals surface area contributed by atoms with Gasteiger partial charge in [0.2, 0.25) is 17.6 Å². The molecular formula is C24H34N4O3. The van der Waals surface area contributed by atoms with E-state index in [1.807, 2.05) is 0 Å². The van der Waals surface area contributed by atoms with Crippen molar-refractivity contribution in [2.24, 2.45) is 11.7 Å². The highest BCUT2D eigenvalue weighted by molar-refractivity contribution is 5.93. The van der Waals surface area contributed by atoms with Gasteiger partial charge >= 0.3 is 0 Å². The van der Waals surface area contributed by atoms with E-state index in [-0.39, 0.29) is 11.7 Å². The highest BCUT2D eigenvalue weighted by Crippen LogP contribution is 2.32. The Labute approximate surface area is 184 Å². The quantitative estimate of drug-likeness (QED) is 0.498. The van der Waals surface area contributed by atoms with Gasteiger partial charge in [-0.2, -0.15) is 4.98 Å². The molecule has 0 saturated heterocycles. The van der Waals surface area contributed by atoms with Crippen LogP contribution in [0.2, 0.25) is 0 Å². The van der Waals surface area contributed by atoms with Crippen LogP contribution in [0.25, 0.3) is 11.4 Å². The standard InChI is InChI=1S/C24H34N4O3/c1-2-3-12-21(29)14-18(11-7-10-17-8-5-4-6-9-17)24-27-23(28-31-24)20-13-19(22(25)30)15-26-16-20/h13,15-18H,2-12,14H2,1H3,(H2,25,30). The molecule has 3 rings (SSSR count). The van der Waals surface area contributed by atoms with Crippen molar-refractivity contribution in [3.63, 3.8) is 0 Å². The van der Waals surface area contributed by atoms with Crippen LogP contribution >= 0.6 is 0 Å². The molecule has 2 N–H and O–H groups in total. The molecule has 0 spiro atoms. The summed E-state index contributed by atoms with van der Waals surface area (Å²) in [6, 6.07) is 1.61. The number of hydrogen-bond acceptors (Lipinski definition) is 6. The fourth-order valence-electron chi connectivity index (χ4n) is 4.41. The van der Waals surface area contributed by atoms with Crippen molar-refractivity contribution < 1.29 is 14.1 Å². The molecule has 7 heteroatoms. The maximum Gasteiger partial charge on any atom is 0.250 e. The fourth-order valence-corrected chi connectivity index (χ4v) is 4.41. The molecule has 2 aromatic rings. The second-order valence-electron chi connectivity index (χ2n) is 8.76. The van der Waals surface area contributed by atoms with E-state index >= 15 is 0 Å². The molecule has 1 amide bonds. The highest BCUT2D eigenvalue weighted by Gasteiger charge is 2.24. The van der Waals surface area contributed by atoms with Crippen molar-refractivity contribution >= 4 is 11.7 Å². The lowest BCUT2D eigenvalue weighted by molar-refractivity contribution is -0.119. The number of amides is 1. The Morgan fingerprint density at radius 1 is 1.19 bits per heavy atom. The molecule has 2 heterocycles. The van der Waals surface area contributed by atoms with E-state index in [1.54, 1.807) is 12.3 Å². The van der Waals surface area contributed by atoms with Gasteiger partial charge in [-0.25, -0.2) is 0 Å². The minimum atomic E-state index is -0.555. The van der Waals surface area contributed by atoms with Gasteiger partial charge in [0.25, 0.3) is 0 Å². The van der Waals surface area contributed by atoms with Crippen molar-refractivity contribution in [2.75, 3.05) is 0 Å². The van der Waals surface area contributed by atoms with Crippen LogP contribution in [0.5, 0.6) is 0 Å². The van der Waals surface area contributed by atoms with Crippen LogP contribution < -0.4 is 5.73 Å². The number of Topliss-reactive ketones (excluding diaryl/α,β-unsaturated/α-hetero) is 1. The summed E-state index contributed by atoms with van der Waals surface area (Å²) in [4.78, 5) is 32.5. The molecule has 31 heavy (non-hydrogen) atoms. The van der Waals surface area contributed by atoms with E-state index in [1.165, 1.54) is 44.7 Å². The minimum absolute atomic E-state index is 0.0681. The normalized spacial score (nSPS) is 15.6. The number of unbranched alkanes of at least 4 members (excludes halogenated alkanes) is 1.